The van der Waals surface area contributed by atoms with Crippen LogP contribution in [-0.2, 0) is 15.6 Å². The summed E-state index contributed by atoms with van der Waals surface area (Å²) in [5.74, 6) is 0.592. The normalized spacial score (nSPS) is 18.1. The zero-order valence-corrected chi connectivity index (χ0v) is 25.0. The second-order valence-corrected chi connectivity index (χ2v) is 12.1. The molecular formula is C36H43N2O2+. The molecule has 2 aliphatic rings. The molecule has 0 atom stereocenters. The van der Waals surface area contributed by atoms with Crippen molar-refractivity contribution in [3.05, 3.63) is 89.6 Å². The highest BCUT2D eigenvalue weighted by Gasteiger charge is 2.45. The molecule has 40 heavy (non-hydrogen) atoms. The van der Waals surface area contributed by atoms with Gasteiger partial charge in [0.15, 0.2) is 5.71 Å². The minimum Gasteiger partial charge on any atom is -0.429 e. The number of ether oxygens (including phenoxy) is 1. The Morgan fingerprint density at radius 3 is 2.45 bits per heavy atom. The van der Waals surface area contributed by atoms with Gasteiger partial charge < -0.3 is 9.64 Å². The highest BCUT2D eigenvalue weighted by atomic mass is 16.5. The summed E-state index contributed by atoms with van der Waals surface area (Å²) in [5.41, 5.74) is 7.45. The molecular weight excluding hydrogens is 492 g/mol. The maximum Gasteiger partial charge on any atom is 0.298 e. The third-order valence-electron chi connectivity index (χ3n) is 8.78. The molecule has 0 fully saturated rings. The van der Waals surface area contributed by atoms with Crippen LogP contribution in [0.3, 0.4) is 0 Å². The zero-order chi connectivity index (χ0) is 28.5. The predicted octanol–water partition coefficient (Wildman–Crippen LogP) is 8.59. The van der Waals surface area contributed by atoms with Crippen molar-refractivity contribution in [3.8, 4) is 5.75 Å². The monoisotopic (exact) mass is 535 g/mol. The molecule has 0 amide bonds. The Kier molecular flexibility index (Phi) is 7.72. The van der Waals surface area contributed by atoms with Crippen LogP contribution in [0.25, 0.3) is 10.8 Å². The SMILES string of the molecule is CCCCN1C(=CC=CC2=[N+](CCCC)c3ccc4ccccc4c3C2(C)C)C(C)(C)c2cc(OC=O)ccc21. The summed E-state index contributed by atoms with van der Waals surface area (Å²) in [6, 6.07) is 19.4. The smallest absolute Gasteiger partial charge is 0.298 e. The van der Waals surface area contributed by atoms with E-state index in [2.05, 4.69) is 112 Å². The van der Waals surface area contributed by atoms with E-state index in [0.29, 0.717) is 12.2 Å². The van der Waals surface area contributed by atoms with E-state index in [1.165, 1.54) is 44.7 Å². The van der Waals surface area contributed by atoms with E-state index in [0.717, 1.165) is 38.8 Å². The second kappa shape index (κ2) is 11.1. The summed E-state index contributed by atoms with van der Waals surface area (Å²) in [4.78, 5) is 13.5. The number of unbranched alkanes of at least 4 members (excludes halogenated alkanes) is 2. The second-order valence-electron chi connectivity index (χ2n) is 12.1. The first-order valence-electron chi connectivity index (χ1n) is 14.8. The molecule has 0 saturated heterocycles. The fraction of sp³-hybridized carbons (Fsp3) is 0.389. The van der Waals surface area contributed by atoms with Crippen molar-refractivity contribution >= 4 is 34.3 Å². The minimum atomic E-state index is -0.216. The van der Waals surface area contributed by atoms with Crippen LogP contribution in [0.4, 0.5) is 11.4 Å². The first kappa shape index (κ1) is 27.9. The summed E-state index contributed by atoms with van der Waals surface area (Å²) in [5, 5.41) is 2.65. The Hall–Kier alpha value is -3.66. The van der Waals surface area contributed by atoms with E-state index >= 15 is 0 Å². The van der Waals surface area contributed by atoms with Crippen LogP contribution in [0, 0.1) is 0 Å². The van der Waals surface area contributed by atoms with Gasteiger partial charge in [0.1, 0.15) is 12.3 Å². The molecule has 2 aliphatic heterocycles. The van der Waals surface area contributed by atoms with Crippen molar-refractivity contribution in [2.45, 2.75) is 78.1 Å². The van der Waals surface area contributed by atoms with E-state index < -0.39 is 0 Å². The number of carbonyl (C=O) groups is 1. The molecule has 4 heteroatoms. The van der Waals surface area contributed by atoms with Gasteiger partial charge in [0.25, 0.3) is 6.47 Å². The Bertz CT molecular complexity index is 1520. The lowest BCUT2D eigenvalue weighted by atomic mass is 9.79. The van der Waals surface area contributed by atoms with Gasteiger partial charge in [-0.05, 0) is 66.9 Å². The Balaban J connectivity index is 1.58. The minimum absolute atomic E-state index is 0.115. The van der Waals surface area contributed by atoms with E-state index in [1.807, 2.05) is 12.1 Å². The molecule has 0 aliphatic carbocycles. The number of hydrogen-bond acceptors (Lipinski definition) is 3. The highest BCUT2D eigenvalue weighted by Crippen LogP contribution is 2.49. The summed E-state index contributed by atoms with van der Waals surface area (Å²) >= 11 is 0. The number of hydrogen-bond donors (Lipinski definition) is 0. The van der Waals surface area contributed by atoms with Crippen LogP contribution in [0.2, 0.25) is 0 Å². The molecule has 0 bridgehead atoms. The number of fused-ring (bicyclic) bond motifs is 4. The number of allylic oxidation sites excluding steroid dienone is 4. The standard InChI is InChI=1S/C36H43N2O2/c1-7-9-22-37-30-21-19-27(40-25-39)24-29(30)35(3,4)32(37)16-13-17-33-36(5,6)34-28-15-12-11-14-26(28)18-20-31(34)38(33)23-10-8-2/h11-21,24-25H,7-10,22-23H2,1-6H3/q+1. The average Bonchev–Trinajstić information content (AvgIpc) is 3.29. The van der Waals surface area contributed by atoms with Crippen LogP contribution in [0.5, 0.6) is 5.75 Å². The van der Waals surface area contributed by atoms with Gasteiger partial charge in [0.05, 0.1) is 5.41 Å². The molecule has 0 unspecified atom stereocenters. The summed E-state index contributed by atoms with van der Waals surface area (Å²) in [7, 11) is 0. The predicted molar refractivity (Wildman–Crippen MR) is 167 cm³/mol. The first-order valence-corrected chi connectivity index (χ1v) is 14.8. The number of carbonyl (C=O) groups excluding carboxylic acids is 1. The van der Waals surface area contributed by atoms with Gasteiger partial charge in [-0.15, -0.1) is 0 Å². The van der Waals surface area contributed by atoms with E-state index in [9.17, 15) is 4.79 Å². The topological polar surface area (TPSA) is 32.5 Å². The molecule has 0 aromatic heterocycles. The van der Waals surface area contributed by atoms with Crippen LogP contribution < -0.4 is 9.64 Å². The maximum absolute atomic E-state index is 11.0. The maximum atomic E-state index is 11.0. The van der Waals surface area contributed by atoms with Crippen molar-refractivity contribution in [2.75, 3.05) is 18.0 Å². The molecule has 0 radical (unpaired) electrons. The average molecular weight is 536 g/mol. The van der Waals surface area contributed by atoms with Crippen molar-refractivity contribution in [2.24, 2.45) is 0 Å². The molecule has 3 aromatic rings. The molecule has 0 N–H and O–H groups in total. The van der Waals surface area contributed by atoms with E-state index in [4.69, 9.17) is 4.74 Å². The number of rotatable bonds is 10. The molecule has 0 saturated carbocycles. The van der Waals surface area contributed by atoms with Crippen LogP contribution >= 0.6 is 0 Å². The van der Waals surface area contributed by atoms with Crippen LogP contribution in [0.1, 0.15) is 78.4 Å². The van der Waals surface area contributed by atoms with Crippen molar-refractivity contribution in [3.63, 3.8) is 0 Å². The molecule has 5 rings (SSSR count). The fourth-order valence-electron chi connectivity index (χ4n) is 6.66. The Morgan fingerprint density at radius 1 is 0.925 bits per heavy atom. The summed E-state index contributed by atoms with van der Waals surface area (Å²) in [6.07, 6.45) is 11.5. The van der Waals surface area contributed by atoms with Crippen molar-refractivity contribution in [1.82, 2.24) is 0 Å². The van der Waals surface area contributed by atoms with E-state index in [1.54, 1.807) is 0 Å². The third kappa shape index (κ3) is 4.68. The molecule has 0 spiro atoms. The van der Waals surface area contributed by atoms with Crippen LogP contribution in [0.15, 0.2) is 78.5 Å². The fourth-order valence-corrected chi connectivity index (χ4v) is 6.66. The van der Waals surface area contributed by atoms with Gasteiger partial charge in [-0.3, -0.25) is 4.79 Å². The lowest BCUT2D eigenvalue weighted by molar-refractivity contribution is -0.438. The lowest BCUT2D eigenvalue weighted by Crippen LogP contribution is -2.28. The molecule has 2 heterocycles. The molecule has 208 valence electrons. The van der Waals surface area contributed by atoms with Crippen LogP contribution in [-0.4, -0.2) is 29.8 Å². The van der Waals surface area contributed by atoms with Crippen molar-refractivity contribution in [1.29, 1.82) is 0 Å². The Labute approximate surface area is 239 Å². The van der Waals surface area contributed by atoms with E-state index in [-0.39, 0.29) is 10.8 Å². The number of benzene rings is 3. The zero-order valence-electron chi connectivity index (χ0n) is 25.0. The van der Waals surface area contributed by atoms with Crippen molar-refractivity contribution < 1.29 is 14.1 Å². The first-order chi connectivity index (χ1) is 19.2. The van der Waals surface area contributed by atoms with Gasteiger partial charge >= 0.3 is 0 Å². The molecule has 3 aromatic carbocycles. The number of nitrogens with zero attached hydrogens (tertiary/aromatic N) is 2. The van der Waals surface area contributed by atoms with Gasteiger partial charge in [-0.25, -0.2) is 0 Å². The third-order valence-corrected chi connectivity index (χ3v) is 8.78. The molecule has 4 nitrogen and oxygen atoms in total. The van der Waals surface area contributed by atoms with Gasteiger partial charge in [-0.1, -0.05) is 70.9 Å². The highest BCUT2D eigenvalue weighted by molar-refractivity contribution is 6.07. The summed E-state index contributed by atoms with van der Waals surface area (Å²) in [6.45, 7) is 16.3. The Morgan fingerprint density at radius 2 is 1.70 bits per heavy atom. The van der Waals surface area contributed by atoms with Gasteiger partial charge in [0, 0.05) is 47.5 Å². The summed E-state index contributed by atoms with van der Waals surface area (Å²) < 4.78 is 7.76. The van der Waals surface area contributed by atoms with Gasteiger partial charge in [-0.2, -0.15) is 4.58 Å². The lowest BCUT2D eigenvalue weighted by Gasteiger charge is -2.27. The van der Waals surface area contributed by atoms with Gasteiger partial charge in [0.2, 0.25) is 5.69 Å². The largest absolute Gasteiger partial charge is 0.429 e. The quantitative estimate of drug-likeness (QED) is 0.192. The number of anilines is 1.